The summed E-state index contributed by atoms with van der Waals surface area (Å²) in [6, 6.07) is 17.0. The molecule has 162 valence electrons. The maximum Gasteiger partial charge on any atom is 0.242 e. The lowest BCUT2D eigenvalue weighted by atomic mass is 10.1. The molecule has 0 fully saturated rings. The van der Waals surface area contributed by atoms with Gasteiger partial charge in [0.2, 0.25) is 21.8 Å². The smallest absolute Gasteiger partial charge is 0.242 e. The fourth-order valence-corrected chi connectivity index (χ4v) is 4.29. The summed E-state index contributed by atoms with van der Waals surface area (Å²) in [6.45, 7) is 2.20. The van der Waals surface area contributed by atoms with Crippen molar-refractivity contribution in [1.82, 2.24) is 14.5 Å². The molecule has 2 aromatic rings. The van der Waals surface area contributed by atoms with E-state index < -0.39 is 16.1 Å². The molecule has 2 rings (SSSR count). The van der Waals surface area contributed by atoms with E-state index in [4.69, 9.17) is 0 Å². The van der Waals surface area contributed by atoms with Crippen LogP contribution in [0.25, 0.3) is 0 Å². The number of carbonyl (C=O) groups is 2. The molecule has 1 N–H and O–H groups in total. The molecule has 0 aliphatic carbocycles. The van der Waals surface area contributed by atoms with Gasteiger partial charge in [-0.15, -0.1) is 0 Å². The molecular formula is C22H29N3O4S. The number of sulfonamides is 1. The molecule has 8 heteroatoms. The van der Waals surface area contributed by atoms with Crippen LogP contribution in [0.4, 0.5) is 0 Å². The minimum atomic E-state index is -3.60. The van der Waals surface area contributed by atoms with E-state index in [0.29, 0.717) is 13.0 Å². The Balaban J connectivity index is 2.02. The zero-order valence-electron chi connectivity index (χ0n) is 17.6. The van der Waals surface area contributed by atoms with E-state index in [1.807, 2.05) is 30.3 Å². The molecule has 0 heterocycles. The Kier molecular flexibility index (Phi) is 8.56. The summed E-state index contributed by atoms with van der Waals surface area (Å²) >= 11 is 0. The summed E-state index contributed by atoms with van der Waals surface area (Å²) in [7, 11) is -0.558. The molecule has 0 radical (unpaired) electrons. The minimum absolute atomic E-state index is 0.142. The van der Waals surface area contributed by atoms with Gasteiger partial charge >= 0.3 is 0 Å². The standard InChI is InChI=1S/C22H29N3O4S/c1-18(22(27)23-2)25(17-19-11-6-4-7-12-19)21(26)15-10-16-24(3)30(28,29)20-13-8-5-9-14-20/h4-9,11-14,18H,10,15-17H2,1-3H3,(H,23,27). The largest absolute Gasteiger partial charge is 0.357 e. The Labute approximate surface area is 178 Å². The number of likely N-dealkylation sites (N-methyl/N-ethyl adjacent to an activating group) is 1. The molecule has 2 aromatic carbocycles. The van der Waals surface area contributed by atoms with Crippen molar-refractivity contribution >= 4 is 21.8 Å². The summed E-state index contributed by atoms with van der Waals surface area (Å²) in [5.74, 6) is -0.441. The van der Waals surface area contributed by atoms with Crippen LogP contribution in [-0.2, 0) is 26.2 Å². The van der Waals surface area contributed by atoms with Crippen molar-refractivity contribution in [3.05, 3.63) is 66.2 Å². The van der Waals surface area contributed by atoms with Gasteiger partial charge in [0.25, 0.3) is 0 Å². The van der Waals surface area contributed by atoms with Crippen LogP contribution in [0, 0.1) is 0 Å². The highest BCUT2D eigenvalue weighted by molar-refractivity contribution is 7.89. The monoisotopic (exact) mass is 431 g/mol. The molecule has 1 unspecified atom stereocenters. The SMILES string of the molecule is CNC(=O)C(C)N(Cc1ccccc1)C(=O)CCCN(C)S(=O)(=O)c1ccccc1. The third kappa shape index (κ3) is 6.14. The van der Waals surface area contributed by atoms with E-state index in [-0.39, 0.29) is 29.7 Å². The van der Waals surface area contributed by atoms with Crippen molar-refractivity contribution in [2.45, 2.75) is 37.2 Å². The van der Waals surface area contributed by atoms with Gasteiger partial charge in [-0.05, 0) is 31.0 Å². The highest BCUT2D eigenvalue weighted by atomic mass is 32.2. The predicted octanol–water partition coefficient (Wildman–Crippen LogP) is 2.25. The third-order valence-corrected chi connectivity index (χ3v) is 6.80. The van der Waals surface area contributed by atoms with Gasteiger partial charge < -0.3 is 10.2 Å². The maximum atomic E-state index is 12.9. The number of rotatable bonds is 10. The van der Waals surface area contributed by atoms with Crippen molar-refractivity contribution in [2.24, 2.45) is 0 Å². The van der Waals surface area contributed by atoms with Gasteiger partial charge in [0.05, 0.1) is 4.90 Å². The molecule has 30 heavy (non-hydrogen) atoms. The van der Waals surface area contributed by atoms with Crippen LogP contribution in [0.3, 0.4) is 0 Å². The molecule has 0 saturated carbocycles. The quantitative estimate of drug-likeness (QED) is 0.625. The number of nitrogens with one attached hydrogen (secondary N) is 1. The summed E-state index contributed by atoms with van der Waals surface area (Å²) in [6.07, 6.45) is 0.496. The van der Waals surface area contributed by atoms with Gasteiger partial charge in [-0.2, -0.15) is 0 Å². The average molecular weight is 432 g/mol. The van der Waals surface area contributed by atoms with Crippen LogP contribution in [0.15, 0.2) is 65.6 Å². The molecule has 0 aliphatic heterocycles. The third-order valence-electron chi connectivity index (χ3n) is 4.92. The van der Waals surface area contributed by atoms with Gasteiger partial charge in [-0.1, -0.05) is 48.5 Å². The van der Waals surface area contributed by atoms with Crippen LogP contribution in [0.1, 0.15) is 25.3 Å². The van der Waals surface area contributed by atoms with E-state index >= 15 is 0 Å². The van der Waals surface area contributed by atoms with Crippen LogP contribution in [-0.4, -0.2) is 56.1 Å². The number of carbonyl (C=O) groups excluding carboxylic acids is 2. The molecule has 7 nitrogen and oxygen atoms in total. The van der Waals surface area contributed by atoms with Gasteiger partial charge in [0.15, 0.2) is 0 Å². The van der Waals surface area contributed by atoms with Gasteiger partial charge in [-0.25, -0.2) is 12.7 Å². The first-order valence-electron chi connectivity index (χ1n) is 9.83. The summed E-state index contributed by atoms with van der Waals surface area (Å²) in [5.41, 5.74) is 0.922. The molecular weight excluding hydrogens is 402 g/mol. The van der Waals surface area contributed by atoms with Crippen LogP contribution in [0.2, 0.25) is 0 Å². The Morgan fingerprint density at radius 3 is 2.13 bits per heavy atom. The first-order chi connectivity index (χ1) is 14.3. The number of hydrogen-bond acceptors (Lipinski definition) is 4. The van der Waals surface area contributed by atoms with Crippen LogP contribution in [0.5, 0.6) is 0 Å². The van der Waals surface area contributed by atoms with Crippen molar-refractivity contribution in [3.63, 3.8) is 0 Å². The molecule has 1 atom stereocenters. The molecule has 2 amide bonds. The maximum absolute atomic E-state index is 12.9. The second kappa shape index (κ2) is 10.9. The summed E-state index contributed by atoms with van der Waals surface area (Å²) in [5, 5.41) is 2.58. The minimum Gasteiger partial charge on any atom is -0.357 e. The number of benzene rings is 2. The lowest BCUT2D eigenvalue weighted by Crippen LogP contribution is -2.46. The molecule has 0 aliphatic rings. The zero-order valence-corrected chi connectivity index (χ0v) is 18.4. The number of nitrogens with zero attached hydrogens (tertiary/aromatic N) is 2. The molecule has 0 spiro atoms. The second-order valence-corrected chi connectivity index (χ2v) is 9.09. The average Bonchev–Trinajstić information content (AvgIpc) is 2.77. The number of amides is 2. The zero-order chi connectivity index (χ0) is 22.1. The second-order valence-electron chi connectivity index (χ2n) is 7.04. The Morgan fingerprint density at radius 1 is 1.00 bits per heavy atom. The first-order valence-corrected chi connectivity index (χ1v) is 11.3. The van der Waals surface area contributed by atoms with Gasteiger partial charge in [0, 0.05) is 33.6 Å². The Morgan fingerprint density at radius 2 is 1.57 bits per heavy atom. The van der Waals surface area contributed by atoms with E-state index in [9.17, 15) is 18.0 Å². The molecule has 0 aromatic heterocycles. The summed E-state index contributed by atoms with van der Waals surface area (Å²) in [4.78, 5) is 26.8. The predicted molar refractivity (Wildman–Crippen MR) is 116 cm³/mol. The molecule has 0 saturated heterocycles. The van der Waals surface area contributed by atoms with Gasteiger partial charge in [-0.3, -0.25) is 9.59 Å². The van der Waals surface area contributed by atoms with E-state index in [1.165, 1.54) is 23.3 Å². The summed E-state index contributed by atoms with van der Waals surface area (Å²) < 4.78 is 26.4. The lowest BCUT2D eigenvalue weighted by Gasteiger charge is -2.28. The van der Waals surface area contributed by atoms with Crippen molar-refractivity contribution in [3.8, 4) is 0 Å². The molecule has 0 bridgehead atoms. The topological polar surface area (TPSA) is 86.8 Å². The van der Waals surface area contributed by atoms with E-state index in [2.05, 4.69) is 5.32 Å². The lowest BCUT2D eigenvalue weighted by molar-refractivity contribution is -0.140. The van der Waals surface area contributed by atoms with Crippen molar-refractivity contribution < 1.29 is 18.0 Å². The Hall–Kier alpha value is -2.71. The number of hydrogen-bond donors (Lipinski definition) is 1. The van der Waals surface area contributed by atoms with E-state index in [1.54, 1.807) is 37.3 Å². The van der Waals surface area contributed by atoms with E-state index in [0.717, 1.165) is 5.56 Å². The highest BCUT2D eigenvalue weighted by Gasteiger charge is 2.26. The van der Waals surface area contributed by atoms with Crippen LogP contribution >= 0.6 is 0 Å². The van der Waals surface area contributed by atoms with Gasteiger partial charge in [0.1, 0.15) is 6.04 Å². The fourth-order valence-electron chi connectivity index (χ4n) is 3.06. The Bertz CT molecular complexity index is 933. The van der Waals surface area contributed by atoms with Crippen molar-refractivity contribution in [2.75, 3.05) is 20.6 Å². The van der Waals surface area contributed by atoms with Crippen LogP contribution < -0.4 is 5.32 Å². The van der Waals surface area contributed by atoms with Crippen molar-refractivity contribution in [1.29, 1.82) is 0 Å². The highest BCUT2D eigenvalue weighted by Crippen LogP contribution is 2.15. The normalized spacial score (nSPS) is 12.4. The fraction of sp³-hybridized carbons (Fsp3) is 0.364. The first kappa shape index (κ1) is 23.6.